The molecule has 0 amide bonds. The Morgan fingerprint density at radius 3 is 0.991 bits per heavy atom. The van der Waals surface area contributed by atoms with E-state index in [9.17, 15) is 0 Å². The minimum Gasteiger partial charge on any atom is -0.287 e. The van der Waals surface area contributed by atoms with Crippen molar-refractivity contribution in [2.75, 3.05) is 0 Å². The second-order valence-electron chi connectivity index (χ2n) is 28.2. The van der Waals surface area contributed by atoms with E-state index in [-0.39, 0.29) is 29.6 Å². The number of aliphatic imine (C=N–C) groups is 6. The Balaban J connectivity index is 0.000000182. The molecule has 6 aromatic carbocycles. The second-order valence-corrected chi connectivity index (χ2v) is 28.2. The third-order valence-electron chi connectivity index (χ3n) is 17.6. The molecule has 12 aromatic rings. The molecular formula is C96H108N12. The lowest BCUT2D eigenvalue weighted by atomic mass is 9.88. The highest BCUT2D eigenvalue weighted by Crippen LogP contribution is 2.35. The van der Waals surface area contributed by atoms with E-state index in [1.165, 1.54) is 50.1 Å². The highest BCUT2D eigenvalue weighted by molar-refractivity contribution is 5.81. The Bertz CT molecular complexity index is 4590. The van der Waals surface area contributed by atoms with Crippen LogP contribution < -0.4 is 0 Å². The van der Waals surface area contributed by atoms with Crippen molar-refractivity contribution >= 4 is 43.0 Å². The summed E-state index contributed by atoms with van der Waals surface area (Å²) < 4.78 is 0. The molecule has 0 aliphatic heterocycles. The summed E-state index contributed by atoms with van der Waals surface area (Å²) in [5.41, 5.74) is 19.0. The van der Waals surface area contributed by atoms with E-state index < -0.39 is 0 Å². The molecule has 4 unspecified atom stereocenters. The van der Waals surface area contributed by atoms with Crippen molar-refractivity contribution in [1.29, 1.82) is 0 Å². The summed E-state index contributed by atoms with van der Waals surface area (Å²) in [6.45, 7) is 32.3. The fourth-order valence-electron chi connectivity index (χ4n) is 10.8. The third-order valence-corrected chi connectivity index (χ3v) is 17.6. The van der Waals surface area contributed by atoms with Crippen LogP contribution >= 0.6 is 0 Å². The number of benzene rings is 6. The van der Waals surface area contributed by atoms with E-state index in [1.807, 2.05) is 196 Å². The monoisotopic (exact) mass is 1430 g/mol. The molecule has 12 nitrogen and oxygen atoms in total. The summed E-state index contributed by atoms with van der Waals surface area (Å²) in [7, 11) is 0. The number of hydrogen-bond donors (Lipinski definition) is 0. The smallest absolute Gasteiger partial charge is 0.100 e. The molecular weight excluding hydrogens is 1320 g/mol. The van der Waals surface area contributed by atoms with Gasteiger partial charge in [-0.05, 0) is 188 Å². The van der Waals surface area contributed by atoms with E-state index in [2.05, 4.69) is 262 Å². The van der Waals surface area contributed by atoms with E-state index >= 15 is 0 Å². The third kappa shape index (κ3) is 29.6. The van der Waals surface area contributed by atoms with Gasteiger partial charge in [-0.25, -0.2) is 0 Å². The molecule has 12 rings (SSSR count). The number of rotatable bonds is 20. The normalized spacial score (nSPS) is 12.5. The van der Waals surface area contributed by atoms with Crippen molar-refractivity contribution in [3.8, 4) is 0 Å². The van der Waals surface area contributed by atoms with Crippen LogP contribution in [-0.4, -0.2) is 73.2 Å². The molecule has 108 heavy (non-hydrogen) atoms. The molecule has 0 radical (unpaired) electrons. The predicted octanol–water partition coefficient (Wildman–Crippen LogP) is 23.7. The van der Waals surface area contributed by atoms with Crippen LogP contribution in [0.4, 0.5) is 5.69 Å². The maximum absolute atomic E-state index is 4.87. The Labute approximate surface area is 644 Å². The van der Waals surface area contributed by atoms with Crippen molar-refractivity contribution in [3.63, 3.8) is 0 Å². The van der Waals surface area contributed by atoms with E-state index in [4.69, 9.17) is 9.98 Å². The molecule has 6 heterocycles. The minimum atomic E-state index is -0.0144. The average molecular weight is 1430 g/mol. The maximum Gasteiger partial charge on any atom is 0.100 e. The standard InChI is InChI=1S/C21H20N2.C18H22N2.C16H18N2.C15H16N2.C14H14N2.C12H18N2/c1-16-9-3-5-12-19(16)21(20-13-6-4-10-17(20)2)23-15-18-11-7-8-14-22-18;1-13(2)16-9-7-10-17(14(3)4)18(16)20-12-15-8-5-6-11-19-15;1-13(2)16(14-8-4-3-5-9-14)18-12-15-10-6-7-11-17-15;1-12-7-6-10-15(17-12)11-16-13(2)14-8-4-3-5-9-14;1-12(13-7-3-2-4-8-13)16-11-14-9-5-6-10-15-14;1-10(12(2,3)4)14-9-11-7-5-6-8-13-11/h3-15,21H,1-2H3;5-14H,1-4H3;3-13,16H,1-2H3;3-11,13H,1-2H3;2-12H,1H3;5-10H,1-4H3. The topological polar surface area (TPSA) is 152 Å². The predicted molar refractivity (Wildman–Crippen MR) is 457 cm³/mol. The van der Waals surface area contributed by atoms with Crippen LogP contribution in [0.5, 0.6) is 0 Å². The van der Waals surface area contributed by atoms with Crippen molar-refractivity contribution in [2.45, 2.75) is 146 Å². The van der Waals surface area contributed by atoms with Crippen molar-refractivity contribution in [1.82, 2.24) is 29.9 Å². The van der Waals surface area contributed by atoms with E-state index in [1.54, 1.807) is 31.0 Å². The second kappa shape index (κ2) is 45.6. The molecule has 0 bridgehead atoms. The van der Waals surface area contributed by atoms with Crippen LogP contribution in [0.2, 0.25) is 0 Å². The lowest BCUT2D eigenvalue weighted by Gasteiger charge is -2.23. The quantitative estimate of drug-likeness (QED) is 0.0693. The van der Waals surface area contributed by atoms with Crippen LogP contribution in [-0.2, 0) is 0 Å². The van der Waals surface area contributed by atoms with Gasteiger partial charge in [0, 0.05) is 67.8 Å². The van der Waals surface area contributed by atoms with Crippen molar-refractivity contribution in [3.05, 3.63) is 388 Å². The molecule has 12 heteroatoms. The lowest BCUT2D eigenvalue weighted by molar-refractivity contribution is 0.342. The molecule has 552 valence electrons. The largest absolute Gasteiger partial charge is 0.287 e. The number of hydrogen-bond acceptors (Lipinski definition) is 12. The number of pyridine rings is 6. The summed E-state index contributed by atoms with van der Waals surface area (Å²) in [5, 5.41) is 0. The van der Waals surface area contributed by atoms with E-state index in [0.717, 1.165) is 45.5 Å². The Morgan fingerprint density at radius 1 is 0.296 bits per heavy atom. The number of aryl methyl sites for hydroxylation is 3. The number of para-hydroxylation sites is 1. The van der Waals surface area contributed by atoms with Gasteiger partial charge < -0.3 is 0 Å². The first kappa shape index (κ1) is 83.5. The molecule has 0 spiro atoms. The van der Waals surface area contributed by atoms with Gasteiger partial charge >= 0.3 is 0 Å². The molecule has 0 aliphatic rings. The van der Waals surface area contributed by atoms with Gasteiger partial charge in [-0.15, -0.1) is 0 Å². The van der Waals surface area contributed by atoms with Gasteiger partial charge in [-0.2, -0.15) is 0 Å². The van der Waals surface area contributed by atoms with Gasteiger partial charge in [0.1, 0.15) is 6.04 Å². The SMILES string of the molecule is CC(C)C(N=Cc1ccccn1)c1ccccc1.CC(C)c1cccc(C(C)C)c1N=Cc1ccccn1.CC(N=Cc1ccccn1)C(C)(C)C.CC(N=Cc1ccccn1)c1ccccc1.Cc1cccc(C=NC(C)c2ccccc2)n1.Cc1ccccc1C(N=Cc1ccccn1)c1ccccc1C. The average Bonchev–Trinajstić information content (AvgIpc) is 0.823. The molecule has 0 fully saturated rings. The highest BCUT2D eigenvalue weighted by atomic mass is 14.8. The summed E-state index contributed by atoms with van der Waals surface area (Å²) in [6, 6.07) is 90.2. The Morgan fingerprint density at radius 2 is 0.620 bits per heavy atom. The number of nitrogens with zero attached hydrogens (tertiary/aromatic N) is 12. The molecule has 0 saturated heterocycles. The molecule has 6 aromatic heterocycles. The Kier molecular flexibility index (Phi) is 35.2. The maximum atomic E-state index is 4.87. The van der Waals surface area contributed by atoms with Crippen LogP contribution in [0.25, 0.3) is 0 Å². The molecule has 0 saturated carbocycles. The fourth-order valence-corrected chi connectivity index (χ4v) is 10.8. The fraction of sp³-hybridized carbons (Fsp3) is 0.250. The van der Waals surface area contributed by atoms with E-state index in [0.29, 0.717) is 23.8 Å². The molecule has 0 N–H and O–H groups in total. The highest BCUT2D eigenvalue weighted by Gasteiger charge is 2.19. The van der Waals surface area contributed by atoms with Gasteiger partial charge in [0.2, 0.25) is 0 Å². The minimum absolute atomic E-state index is 0.0144. The first-order valence-corrected chi connectivity index (χ1v) is 37.3. The summed E-state index contributed by atoms with van der Waals surface area (Å²) >= 11 is 0. The van der Waals surface area contributed by atoms with Crippen LogP contribution in [0.15, 0.2) is 328 Å². The van der Waals surface area contributed by atoms with Crippen LogP contribution in [0.3, 0.4) is 0 Å². The van der Waals surface area contributed by atoms with Gasteiger partial charge in [0.05, 0.1) is 70.2 Å². The molecule has 4 atom stereocenters. The zero-order valence-electron chi connectivity index (χ0n) is 65.7. The number of aromatic nitrogens is 6. The summed E-state index contributed by atoms with van der Waals surface area (Å²) in [5.74, 6) is 1.39. The zero-order valence-corrected chi connectivity index (χ0v) is 65.7. The van der Waals surface area contributed by atoms with Crippen LogP contribution in [0, 0.1) is 32.1 Å². The summed E-state index contributed by atoms with van der Waals surface area (Å²) in [6.07, 6.45) is 20.0. The van der Waals surface area contributed by atoms with Gasteiger partial charge in [0.25, 0.3) is 0 Å². The van der Waals surface area contributed by atoms with Crippen molar-refractivity contribution in [2.24, 2.45) is 41.3 Å². The first-order chi connectivity index (χ1) is 52.2. The Hall–Kier alpha value is -11.8. The van der Waals surface area contributed by atoms with Gasteiger partial charge in [0.15, 0.2) is 0 Å². The van der Waals surface area contributed by atoms with Crippen LogP contribution in [0.1, 0.15) is 209 Å². The first-order valence-electron chi connectivity index (χ1n) is 37.3. The van der Waals surface area contributed by atoms with Gasteiger partial charge in [-0.1, -0.05) is 256 Å². The zero-order chi connectivity index (χ0) is 77.3. The summed E-state index contributed by atoms with van der Waals surface area (Å²) in [4.78, 5) is 53.4. The van der Waals surface area contributed by atoms with Gasteiger partial charge in [-0.3, -0.25) is 59.9 Å². The van der Waals surface area contributed by atoms with Crippen molar-refractivity contribution < 1.29 is 0 Å². The molecule has 0 aliphatic carbocycles. The lowest BCUT2D eigenvalue weighted by Crippen LogP contribution is -2.20.